The van der Waals surface area contributed by atoms with Gasteiger partial charge in [0, 0.05) is 13.1 Å². The van der Waals surface area contributed by atoms with Gasteiger partial charge in [0.1, 0.15) is 5.75 Å². The maximum Gasteiger partial charge on any atom is 0.257 e. The first-order valence-corrected chi connectivity index (χ1v) is 5.30. The molecule has 1 aromatic heterocycles. The highest BCUT2D eigenvalue weighted by Crippen LogP contribution is 2.08. The summed E-state index contributed by atoms with van der Waals surface area (Å²) in [6.45, 7) is 3.09. The number of nitrogens with one attached hydrogen (secondary N) is 1. The van der Waals surface area contributed by atoms with Crippen molar-refractivity contribution in [1.29, 1.82) is 0 Å². The van der Waals surface area contributed by atoms with Crippen LogP contribution in [-0.4, -0.2) is 24.0 Å². The van der Waals surface area contributed by atoms with Crippen LogP contribution in [0.4, 0.5) is 0 Å². The number of carbonyl (C=O) groups excluding carboxylic acids is 1. The van der Waals surface area contributed by atoms with Crippen LogP contribution >= 0.6 is 0 Å². The number of hydrogen-bond acceptors (Lipinski definition) is 4. The fourth-order valence-corrected chi connectivity index (χ4v) is 1.08. The van der Waals surface area contributed by atoms with Crippen molar-refractivity contribution >= 4 is 5.91 Å². The van der Waals surface area contributed by atoms with Gasteiger partial charge in [-0.1, -0.05) is 6.92 Å². The largest absolute Gasteiger partial charge is 0.482 e. The Labute approximate surface area is 95.0 Å². The highest BCUT2D eigenvalue weighted by Gasteiger charge is 2.01. The molecular formula is C11H17N3O2. The number of pyridine rings is 1. The fourth-order valence-electron chi connectivity index (χ4n) is 1.08. The zero-order valence-corrected chi connectivity index (χ0v) is 9.40. The SMILES string of the molecule is CCCNC(=O)COc1ccc(CN)nc1. The van der Waals surface area contributed by atoms with Crippen molar-refractivity contribution in [2.75, 3.05) is 13.2 Å². The monoisotopic (exact) mass is 223 g/mol. The third kappa shape index (κ3) is 4.27. The lowest BCUT2D eigenvalue weighted by atomic mass is 10.3. The highest BCUT2D eigenvalue weighted by atomic mass is 16.5. The smallest absolute Gasteiger partial charge is 0.257 e. The van der Waals surface area contributed by atoms with E-state index in [1.54, 1.807) is 18.3 Å². The molecule has 0 saturated carbocycles. The molecule has 16 heavy (non-hydrogen) atoms. The fraction of sp³-hybridized carbons (Fsp3) is 0.455. The second-order valence-corrected chi connectivity index (χ2v) is 3.33. The summed E-state index contributed by atoms with van der Waals surface area (Å²) in [5.74, 6) is 0.452. The van der Waals surface area contributed by atoms with Crippen LogP contribution in [0.25, 0.3) is 0 Å². The topological polar surface area (TPSA) is 77.2 Å². The summed E-state index contributed by atoms with van der Waals surface area (Å²) in [4.78, 5) is 15.3. The molecule has 1 heterocycles. The van der Waals surface area contributed by atoms with Gasteiger partial charge in [0.15, 0.2) is 6.61 Å². The Morgan fingerprint density at radius 3 is 2.94 bits per heavy atom. The Bertz CT molecular complexity index is 325. The predicted octanol–water partition coefficient (Wildman–Crippen LogP) is 0.445. The van der Waals surface area contributed by atoms with E-state index in [1.165, 1.54) is 0 Å². The molecule has 1 amide bonds. The van der Waals surface area contributed by atoms with E-state index in [9.17, 15) is 4.79 Å². The van der Waals surface area contributed by atoms with Crippen LogP contribution in [0.5, 0.6) is 5.75 Å². The van der Waals surface area contributed by atoms with E-state index in [-0.39, 0.29) is 12.5 Å². The first kappa shape index (κ1) is 12.4. The van der Waals surface area contributed by atoms with Gasteiger partial charge in [-0.3, -0.25) is 9.78 Å². The Morgan fingerprint density at radius 1 is 1.56 bits per heavy atom. The van der Waals surface area contributed by atoms with Crippen molar-refractivity contribution in [3.05, 3.63) is 24.0 Å². The average Bonchev–Trinajstić information content (AvgIpc) is 2.34. The number of nitrogens with two attached hydrogens (primary N) is 1. The van der Waals surface area contributed by atoms with Crippen molar-refractivity contribution in [3.8, 4) is 5.75 Å². The number of nitrogens with zero attached hydrogens (tertiary/aromatic N) is 1. The predicted molar refractivity (Wildman–Crippen MR) is 60.9 cm³/mol. The van der Waals surface area contributed by atoms with Gasteiger partial charge in [0.25, 0.3) is 5.91 Å². The van der Waals surface area contributed by atoms with E-state index >= 15 is 0 Å². The molecule has 5 nitrogen and oxygen atoms in total. The molecule has 0 unspecified atom stereocenters. The van der Waals surface area contributed by atoms with Gasteiger partial charge in [-0.05, 0) is 18.6 Å². The van der Waals surface area contributed by atoms with Crippen LogP contribution in [-0.2, 0) is 11.3 Å². The quantitative estimate of drug-likeness (QED) is 0.734. The zero-order valence-electron chi connectivity index (χ0n) is 9.40. The first-order chi connectivity index (χ1) is 7.76. The van der Waals surface area contributed by atoms with E-state index in [2.05, 4.69) is 10.3 Å². The summed E-state index contributed by atoms with van der Waals surface area (Å²) in [6.07, 6.45) is 2.48. The first-order valence-electron chi connectivity index (χ1n) is 5.30. The molecule has 0 saturated heterocycles. The number of hydrogen-bond donors (Lipinski definition) is 2. The summed E-state index contributed by atoms with van der Waals surface area (Å²) in [5.41, 5.74) is 6.20. The molecule has 0 bridgehead atoms. The van der Waals surface area contributed by atoms with Crippen LogP contribution in [0.1, 0.15) is 19.0 Å². The minimum atomic E-state index is -0.121. The van der Waals surface area contributed by atoms with E-state index in [1.807, 2.05) is 6.92 Å². The Hall–Kier alpha value is -1.62. The van der Waals surface area contributed by atoms with Gasteiger partial charge in [-0.25, -0.2) is 0 Å². The number of ether oxygens (including phenoxy) is 1. The van der Waals surface area contributed by atoms with Crippen LogP contribution < -0.4 is 15.8 Å². The molecule has 1 aromatic rings. The molecular weight excluding hydrogens is 206 g/mol. The molecule has 0 aliphatic heterocycles. The average molecular weight is 223 g/mol. The summed E-state index contributed by atoms with van der Waals surface area (Å²) >= 11 is 0. The molecule has 0 aliphatic carbocycles. The molecule has 5 heteroatoms. The van der Waals surface area contributed by atoms with Gasteiger partial charge >= 0.3 is 0 Å². The van der Waals surface area contributed by atoms with Crippen molar-refractivity contribution in [2.24, 2.45) is 5.73 Å². The van der Waals surface area contributed by atoms with E-state index < -0.39 is 0 Å². The van der Waals surface area contributed by atoms with Gasteiger partial charge in [0.2, 0.25) is 0 Å². The number of amides is 1. The standard InChI is InChI=1S/C11H17N3O2/c1-2-5-13-11(15)8-16-10-4-3-9(6-12)14-7-10/h3-4,7H,2,5-6,8,12H2,1H3,(H,13,15). The minimum absolute atomic E-state index is 0.0175. The lowest BCUT2D eigenvalue weighted by molar-refractivity contribution is -0.123. The van der Waals surface area contributed by atoms with Crippen molar-refractivity contribution < 1.29 is 9.53 Å². The van der Waals surface area contributed by atoms with E-state index in [0.29, 0.717) is 18.8 Å². The number of rotatable bonds is 6. The molecule has 3 N–H and O–H groups in total. The van der Waals surface area contributed by atoms with Crippen LogP contribution in [0.3, 0.4) is 0 Å². The van der Waals surface area contributed by atoms with Crippen LogP contribution in [0.2, 0.25) is 0 Å². The summed E-state index contributed by atoms with van der Waals surface area (Å²) in [5, 5.41) is 2.72. The van der Waals surface area contributed by atoms with E-state index in [4.69, 9.17) is 10.5 Å². The maximum atomic E-state index is 11.2. The minimum Gasteiger partial charge on any atom is -0.482 e. The number of carbonyl (C=O) groups is 1. The normalized spacial score (nSPS) is 9.88. The molecule has 0 aromatic carbocycles. The third-order valence-corrected chi connectivity index (χ3v) is 1.95. The summed E-state index contributed by atoms with van der Waals surface area (Å²) in [7, 11) is 0. The third-order valence-electron chi connectivity index (χ3n) is 1.95. The Balaban J connectivity index is 2.33. The van der Waals surface area contributed by atoms with Crippen LogP contribution in [0, 0.1) is 0 Å². The summed E-state index contributed by atoms with van der Waals surface area (Å²) in [6, 6.07) is 3.53. The lowest BCUT2D eigenvalue weighted by Crippen LogP contribution is -2.29. The van der Waals surface area contributed by atoms with Crippen molar-refractivity contribution in [1.82, 2.24) is 10.3 Å². The highest BCUT2D eigenvalue weighted by molar-refractivity contribution is 5.77. The zero-order chi connectivity index (χ0) is 11.8. The molecule has 0 spiro atoms. The maximum absolute atomic E-state index is 11.2. The van der Waals surface area contributed by atoms with E-state index in [0.717, 1.165) is 12.1 Å². The summed E-state index contributed by atoms with van der Waals surface area (Å²) < 4.78 is 5.25. The van der Waals surface area contributed by atoms with Gasteiger partial charge < -0.3 is 15.8 Å². The van der Waals surface area contributed by atoms with Gasteiger partial charge in [-0.2, -0.15) is 0 Å². The Kier molecular flexibility index (Phi) is 5.28. The van der Waals surface area contributed by atoms with Gasteiger partial charge in [0.05, 0.1) is 11.9 Å². The lowest BCUT2D eigenvalue weighted by Gasteiger charge is -2.06. The number of aromatic nitrogens is 1. The Morgan fingerprint density at radius 2 is 2.38 bits per heavy atom. The second-order valence-electron chi connectivity index (χ2n) is 3.33. The van der Waals surface area contributed by atoms with Crippen molar-refractivity contribution in [2.45, 2.75) is 19.9 Å². The molecule has 0 radical (unpaired) electrons. The van der Waals surface area contributed by atoms with Crippen molar-refractivity contribution in [3.63, 3.8) is 0 Å². The molecule has 1 rings (SSSR count). The second kappa shape index (κ2) is 6.79. The molecule has 88 valence electrons. The van der Waals surface area contributed by atoms with Gasteiger partial charge in [-0.15, -0.1) is 0 Å². The van der Waals surface area contributed by atoms with Crippen LogP contribution in [0.15, 0.2) is 18.3 Å². The molecule has 0 fully saturated rings. The molecule has 0 atom stereocenters. The molecule has 0 aliphatic rings.